The van der Waals surface area contributed by atoms with Gasteiger partial charge in [-0.15, -0.1) is 24.0 Å². The Balaban J connectivity index is 0.00000338. The Kier molecular flexibility index (Phi) is 10.0. The van der Waals surface area contributed by atoms with E-state index in [4.69, 9.17) is 4.99 Å². The fourth-order valence-electron chi connectivity index (χ4n) is 2.57. The van der Waals surface area contributed by atoms with Gasteiger partial charge in [0.1, 0.15) is 5.82 Å². The van der Waals surface area contributed by atoms with Gasteiger partial charge in [0.15, 0.2) is 5.96 Å². The largest absolute Gasteiger partial charge is 0.363 e. The number of anilines is 1. The molecular formula is C20H30IN5. The van der Waals surface area contributed by atoms with Crippen LogP contribution in [0, 0.1) is 0 Å². The van der Waals surface area contributed by atoms with Crippen molar-refractivity contribution in [3.63, 3.8) is 0 Å². The van der Waals surface area contributed by atoms with Crippen LogP contribution in [-0.2, 0) is 19.5 Å². The molecule has 0 aliphatic heterocycles. The Morgan fingerprint density at radius 1 is 1.08 bits per heavy atom. The third-order valence-corrected chi connectivity index (χ3v) is 3.98. The SMILES string of the molecule is CCNC(=NCc1ccnc(N(C)C)c1)NCc1ccccc1CC.I. The van der Waals surface area contributed by atoms with E-state index in [1.165, 1.54) is 11.1 Å². The van der Waals surface area contributed by atoms with Gasteiger partial charge in [-0.05, 0) is 42.2 Å². The molecule has 1 aromatic heterocycles. The number of aromatic nitrogens is 1. The number of aliphatic imine (C=N–C) groups is 1. The van der Waals surface area contributed by atoms with E-state index in [1.54, 1.807) is 0 Å². The maximum atomic E-state index is 4.70. The average Bonchev–Trinajstić information content (AvgIpc) is 2.64. The van der Waals surface area contributed by atoms with Crippen molar-refractivity contribution < 1.29 is 0 Å². The van der Waals surface area contributed by atoms with Gasteiger partial charge in [0.05, 0.1) is 6.54 Å². The van der Waals surface area contributed by atoms with Crippen molar-refractivity contribution in [1.82, 2.24) is 15.6 Å². The van der Waals surface area contributed by atoms with Gasteiger partial charge in [-0.2, -0.15) is 0 Å². The summed E-state index contributed by atoms with van der Waals surface area (Å²) >= 11 is 0. The minimum absolute atomic E-state index is 0. The molecule has 0 radical (unpaired) electrons. The number of aryl methyl sites for hydroxylation is 1. The summed E-state index contributed by atoms with van der Waals surface area (Å²) < 4.78 is 0. The van der Waals surface area contributed by atoms with Gasteiger partial charge in [-0.25, -0.2) is 9.98 Å². The van der Waals surface area contributed by atoms with Crippen molar-refractivity contribution in [2.24, 2.45) is 4.99 Å². The van der Waals surface area contributed by atoms with Crippen molar-refractivity contribution in [3.8, 4) is 0 Å². The molecule has 26 heavy (non-hydrogen) atoms. The number of nitrogens with one attached hydrogen (secondary N) is 2. The zero-order valence-corrected chi connectivity index (χ0v) is 18.5. The third kappa shape index (κ3) is 6.82. The van der Waals surface area contributed by atoms with Crippen molar-refractivity contribution >= 4 is 35.8 Å². The Morgan fingerprint density at radius 2 is 1.81 bits per heavy atom. The fraction of sp³-hybridized carbons (Fsp3) is 0.400. The highest BCUT2D eigenvalue weighted by Gasteiger charge is 2.03. The van der Waals surface area contributed by atoms with Crippen LogP contribution >= 0.6 is 24.0 Å². The van der Waals surface area contributed by atoms with E-state index in [1.807, 2.05) is 31.3 Å². The standard InChI is InChI=1S/C20H29N5.HI/c1-5-17-9-7-8-10-18(17)15-24-20(21-6-2)23-14-16-11-12-22-19(13-16)25(3)4;/h7-13H,5-6,14-15H2,1-4H3,(H2,21,23,24);1H. The number of halogens is 1. The lowest BCUT2D eigenvalue weighted by atomic mass is 10.1. The second-order valence-electron chi connectivity index (χ2n) is 6.09. The molecule has 6 heteroatoms. The number of hydrogen-bond acceptors (Lipinski definition) is 3. The third-order valence-electron chi connectivity index (χ3n) is 3.98. The fourth-order valence-corrected chi connectivity index (χ4v) is 2.57. The Bertz CT molecular complexity index is 700. The van der Waals surface area contributed by atoms with Crippen LogP contribution in [0.5, 0.6) is 0 Å². The summed E-state index contributed by atoms with van der Waals surface area (Å²) in [5.41, 5.74) is 3.83. The molecule has 1 aromatic carbocycles. The van der Waals surface area contributed by atoms with Crippen LogP contribution in [0.3, 0.4) is 0 Å². The molecule has 0 spiro atoms. The Labute approximate surface area is 174 Å². The molecule has 2 aromatic rings. The maximum Gasteiger partial charge on any atom is 0.191 e. The monoisotopic (exact) mass is 467 g/mol. The molecule has 0 aliphatic carbocycles. The van der Waals surface area contributed by atoms with Crippen LogP contribution in [0.1, 0.15) is 30.5 Å². The zero-order valence-electron chi connectivity index (χ0n) is 16.1. The quantitative estimate of drug-likeness (QED) is 0.372. The summed E-state index contributed by atoms with van der Waals surface area (Å²) in [5, 5.41) is 6.74. The van der Waals surface area contributed by atoms with Crippen LogP contribution < -0.4 is 15.5 Å². The Morgan fingerprint density at radius 3 is 2.46 bits per heavy atom. The second-order valence-corrected chi connectivity index (χ2v) is 6.09. The molecule has 1 heterocycles. The first-order chi connectivity index (χ1) is 12.1. The zero-order chi connectivity index (χ0) is 18.1. The lowest BCUT2D eigenvalue weighted by Crippen LogP contribution is -2.37. The van der Waals surface area contributed by atoms with Gasteiger partial charge >= 0.3 is 0 Å². The normalized spacial score (nSPS) is 10.8. The average molecular weight is 467 g/mol. The molecule has 0 saturated carbocycles. The Hall–Kier alpha value is -1.83. The molecule has 2 rings (SSSR count). The van der Waals surface area contributed by atoms with Crippen molar-refractivity contribution in [2.75, 3.05) is 25.5 Å². The molecule has 2 N–H and O–H groups in total. The van der Waals surface area contributed by atoms with Gasteiger partial charge in [0, 0.05) is 33.4 Å². The highest BCUT2D eigenvalue weighted by Crippen LogP contribution is 2.11. The van der Waals surface area contributed by atoms with Gasteiger partial charge in [-0.3, -0.25) is 0 Å². The predicted molar refractivity (Wildman–Crippen MR) is 121 cm³/mol. The van der Waals surface area contributed by atoms with Gasteiger partial charge in [-0.1, -0.05) is 31.2 Å². The minimum atomic E-state index is 0. The topological polar surface area (TPSA) is 52.6 Å². The van der Waals surface area contributed by atoms with Gasteiger partial charge < -0.3 is 15.5 Å². The van der Waals surface area contributed by atoms with E-state index >= 15 is 0 Å². The molecule has 0 bridgehead atoms. The lowest BCUT2D eigenvalue weighted by molar-refractivity contribution is 0.808. The highest BCUT2D eigenvalue weighted by molar-refractivity contribution is 14.0. The minimum Gasteiger partial charge on any atom is -0.363 e. The molecule has 0 fully saturated rings. The molecule has 142 valence electrons. The molecule has 5 nitrogen and oxygen atoms in total. The van der Waals surface area contributed by atoms with Crippen molar-refractivity contribution in [3.05, 3.63) is 59.3 Å². The predicted octanol–water partition coefficient (Wildman–Crippen LogP) is 3.58. The summed E-state index contributed by atoms with van der Waals surface area (Å²) in [6.07, 6.45) is 2.87. The number of nitrogens with zero attached hydrogens (tertiary/aromatic N) is 3. The van der Waals surface area contributed by atoms with Crippen molar-refractivity contribution in [1.29, 1.82) is 0 Å². The molecular weight excluding hydrogens is 437 g/mol. The van der Waals surface area contributed by atoms with E-state index in [9.17, 15) is 0 Å². The van der Waals surface area contributed by atoms with E-state index in [0.29, 0.717) is 6.54 Å². The molecule has 0 saturated heterocycles. The second kappa shape index (κ2) is 11.7. The van der Waals surface area contributed by atoms with Crippen LogP contribution in [0.25, 0.3) is 0 Å². The first kappa shape index (κ1) is 22.2. The van der Waals surface area contributed by atoms with E-state index < -0.39 is 0 Å². The number of benzene rings is 1. The van der Waals surface area contributed by atoms with Crippen LogP contribution in [-0.4, -0.2) is 31.6 Å². The van der Waals surface area contributed by atoms with Crippen LogP contribution in [0.15, 0.2) is 47.6 Å². The molecule has 0 amide bonds. The number of hydrogen-bond donors (Lipinski definition) is 2. The highest BCUT2D eigenvalue weighted by atomic mass is 127. The van der Waals surface area contributed by atoms with Gasteiger partial charge in [0.25, 0.3) is 0 Å². The molecule has 0 aliphatic rings. The van der Waals surface area contributed by atoms with Gasteiger partial charge in [0.2, 0.25) is 0 Å². The first-order valence-electron chi connectivity index (χ1n) is 8.85. The molecule has 0 atom stereocenters. The number of guanidine groups is 1. The maximum absolute atomic E-state index is 4.70. The van der Waals surface area contributed by atoms with E-state index in [0.717, 1.165) is 36.9 Å². The van der Waals surface area contributed by atoms with Crippen LogP contribution in [0.2, 0.25) is 0 Å². The smallest absolute Gasteiger partial charge is 0.191 e. The van der Waals surface area contributed by atoms with Crippen LogP contribution in [0.4, 0.5) is 5.82 Å². The van der Waals surface area contributed by atoms with Crippen molar-refractivity contribution in [2.45, 2.75) is 33.4 Å². The first-order valence-corrected chi connectivity index (χ1v) is 8.85. The molecule has 0 unspecified atom stereocenters. The summed E-state index contributed by atoms with van der Waals surface area (Å²) in [6, 6.07) is 12.6. The summed E-state index contributed by atoms with van der Waals surface area (Å²) in [7, 11) is 3.98. The number of rotatable bonds is 7. The van der Waals surface area contributed by atoms with E-state index in [2.05, 4.69) is 59.8 Å². The summed E-state index contributed by atoms with van der Waals surface area (Å²) in [5.74, 6) is 1.78. The summed E-state index contributed by atoms with van der Waals surface area (Å²) in [4.78, 5) is 11.0. The number of pyridine rings is 1. The summed E-state index contributed by atoms with van der Waals surface area (Å²) in [6.45, 7) is 6.49. The lowest BCUT2D eigenvalue weighted by Gasteiger charge is -2.14. The van der Waals surface area contributed by atoms with E-state index in [-0.39, 0.29) is 24.0 Å².